The second-order valence-corrected chi connectivity index (χ2v) is 8.40. The molecule has 144 valence electrons. The van der Waals surface area contributed by atoms with E-state index in [1.807, 2.05) is 0 Å². The third-order valence-corrected chi connectivity index (χ3v) is 6.38. The van der Waals surface area contributed by atoms with Gasteiger partial charge in [0.15, 0.2) is 4.34 Å². The molecule has 0 unspecified atom stereocenters. The van der Waals surface area contributed by atoms with Gasteiger partial charge in [-0.1, -0.05) is 41.3 Å². The van der Waals surface area contributed by atoms with Crippen LogP contribution >= 0.6 is 34.9 Å². The van der Waals surface area contributed by atoms with Crippen molar-refractivity contribution < 1.29 is 14.1 Å². The van der Waals surface area contributed by atoms with Crippen LogP contribution < -0.4 is 5.32 Å². The third kappa shape index (κ3) is 4.86. The zero-order valence-corrected chi connectivity index (χ0v) is 16.9. The fourth-order valence-electron chi connectivity index (χ4n) is 2.22. The molecular weight excluding hydrogens is 423 g/mol. The maximum Gasteiger partial charge on any atom is 0.283 e. The lowest BCUT2D eigenvalue weighted by Gasteiger charge is -2.04. The Hall–Kier alpha value is -2.50. The van der Waals surface area contributed by atoms with E-state index in [9.17, 15) is 19.3 Å². The molecule has 0 fully saturated rings. The van der Waals surface area contributed by atoms with Crippen molar-refractivity contribution in [2.24, 2.45) is 0 Å². The molecular formula is C17H13FN4O3S3. The summed E-state index contributed by atoms with van der Waals surface area (Å²) in [5.41, 5.74) is 0.577. The van der Waals surface area contributed by atoms with Crippen LogP contribution in [-0.2, 0) is 5.75 Å². The first kappa shape index (κ1) is 20.2. The lowest BCUT2D eigenvalue weighted by Crippen LogP contribution is -2.12. The number of hydrogen-bond donors (Lipinski definition) is 1. The lowest BCUT2D eigenvalue weighted by molar-refractivity contribution is -0.387. The molecule has 1 amide bonds. The van der Waals surface area contributed by atoms with Gasteiger partial charge in [0.05, 0.1) is 9.82 Å². The minimum Gasteiger partial charge on any atom is -0.296 e. The van der Waals surface area contributed by atoms with Gasteiger partial charge in [-0.05, 0) is 30.0 Å². The fourth-order valence-corrected chi connectivity index (χ4v) is 4.50. The van der Waals surface area contributed by atoms with E-state index in [-0.39, 0.29) is 22.2 Å². The van der Waals surface area contributed by atoms with Crippen LogP contribution in [0.15, 0.2) is 51.7 Å². The Morgan fingerprint density at radius 2 is 2.07 bits per heavy atom. The van der Waals surface area contributed by atoms with E-state index in [4.69, 9.17) is 0 Å². The topological polar surface area (TPSA) is 98.0 Å². The highest BCUT2D eigenvalue weighted by Crippen LogP contribution is 2.31. The maximum absolute atomic E-state index is 13.6. The predicted octanol–water partition coefficient (Wildman–Crippen LogP) is 4.85. The van der Waals surface area contributed by atoms with Gasteiger partial charge in [-0.25, -0.2) is 4.39 Å². The van der Waals surface area contributed by atoms with Crippen LogP contribution in [0.2, 0.25) is 0 Å². The van der Waals surface area contributed by atoms with Crippen molar-refractivity contribution in [3.8, 4) is 0 Å². The Kier molecular flexibility index (Phi) is 6.60. The lowest BCUT2D eigenvalue weighted by atomic mass is 10.2. The van der Waals surface area contributed by atoms with Crippen molar-refractivity contribution in [1.82, 2.24) is 10.2 Å². The molecule has 0 aliphatic rings. The second kappa shape index (κ2) is 9.13. The number of hydrogen-bond acceptors (Lipinski definition) is 8. The summed E-state index contributed by atoms with van der Waals surface area (Å²) in [5, 5.41) is 21.8. The number of nitrogens with one attached hydrogen (secondary N) is 1. The number of nitro groups is 1. The summed E-state index contributed by atoms with van der Waals surface area (Å²) in [4.78, 5) is 23.5. The molecule has 0 saturated heterocycles. The Bertz CT molecular complexity index is 1030. The number of thioether (sulfide) groups is 2. The highest BCUT2D eigenvalue weighted by Gasteiger charge is 2.18. The normalized spacial score (nSPS) is 10.6. The quantitative estimate of drug-likeness (QED) is 0.245. The molecule has 11 heteroatoms. The molecule has 0 aliphatic carbocycles. The summed E-state index contributed by atoms with van der Waals surface area (Å²) in [5.74, 6) is -0.418. The third-order valence-electron chi connectivity index (χ3n) is 3.57. The summed E-state index contributed by atoms with van der Waals surface area (Å²) in [6, 6.07) is 10.7. The van der Waals surface area contributed by atoms with Gasteiger partial charge in [0.25, 0.3) is 11.6 Å². The first-order valence-corrected chi connectivity index (χ1v) is 10.8. The van der Waals surface area contributed by atoms with Crippen molar-refractivity contribution in [3.63, 3.8) is 0 Å². The largest absolute Gasteiger partial charge is 0.296 e. The van der Waals surface area contributed by atoms with E-state index in [0.29, 0.717) is 20.6 Å². The van der Waals surface area contributed by atoms with Crippen molar-refractivity contribution >= 4 is 51.6 Å². The minimum atomic E-state index is -0.523. The summed E-state index contributed by atoms with van der Waals surface area (Å²) >= 11 is 3.68. The van der Waals surface area contributed by atoms with E-state index in [1.54, 1.807) is 24.5 Å². The smallest absolute Gasteiger partial charge is 0.283 e. The average Bonchev–Trinajstić information content (AvgIpc) is 3.14. The molecule has 0 saturated carbocycles. The molecule has 0 radical (unpaired) electrons. The molecule has 28 heavy (non-hydrogen) atoms. The molecule has 0 atom stereocenters. The van der Waals surface area contributed by atoms with Crippen LogP contribution in [0.25, 0.3) is 0 Å². The van der Waals surface area contributed by atoms with Crippen LogP contribution in [0, 0.1) is 15.9 Å². The van der Waals surface area contributed by atoms with Gasteiger partial charge >= 0.3 is 0 Å². The number of nitro benzene ring substituents is 1. The van der Waals surface area contributed by atoms with Gasteiger partial charge in [0, 0.05) is 17.4 Å². The summed E-state index contributed by atoms with van der Waals surface area (Å²) < 4.78 is 14.2. The zero-order chi connectivity index (χ0) is 20.1. The van der Waals surface area contributed by atoms with E-state index < -0.39 is 10.8 Å². The Labute approximate surface area is 171 Å². The second-order valence-electron chi connectivity index (χ2n) is 5.35. The van der Waals surface area contributed by atoms with Crippen molar-refractivity contribution in [3.05, 3.63) is 69.5 Å². The van der Waals surface area contributed by atoms with Crippen LogP contribution in [0.5, 0.6) is 0 Å². The number of amides is 1. The molecule has 0 spiro atoms. The zero-order valence-electron chi connectivity index (χ0n) is 14.4. The standard InChI is InChI=1S/C17H13FN4O3S3/c1-26-14-7-6-10(8-13(14)22(24)25)15(23)19-16-20-21-17(28-16)27-9-11-4-2-3-5-12(11)18/h2-8H,9H2,1H3,(H,19,20,23). The van der Waals surface area contributed by atoms with Gasteiger partial charge in [-0.2, -0.15) is 0 Å². The van der Waals surface area contributed by atoms with Gasteiger partial charge in [0.2, 0.25) is 5.13 Å². The van der Waals surface area contributed by atoms with Crippen molar-refractivity contribution in [2.75, 3.05) is 11.6 Å². The number of carbonyl (C=O) groups is 1. The van der Waals surface area contributed by atoms with Crippen LogP contribution in [0.4, 0.5) is 15.2 Å². The first-order chi connectivity index (χ1) is 13.5. The first-order valence-electron chi connectivity index (χ1n) is 7.81. The number of halogens is 1. The fraction of sp³-hybridized carbons (Fsp3) is 0.118. The summed E-state index contributed by atoms with van der Waals surface area (Å²) in [6.07, 6.45) is 1.73. The monoisotopic (exact) mass is 436 g/mol. The molecule has 1 aromatic heterocycles. The molecule has 0 bridgehead atoms. The highest BCUT2D eigenvalue weighted by molar-refractivity contribution is 8.00. The van der Waals surface area contributed by atoms with Crippen LogP contribution in [0.1, 0.15) is 15.9 Å². The highest BCUT2D eigenvalue weighted by atomic mass is 32.2. The number of anilines is 1. The molecule has 0 aliphatic heterocycles. The Morgan fingerprint density at radius 3 is 2.79 bits per heavy atom. The van der Waals surface area contributed by atoms with E-state index >= 15 is 0 Å². The van der Waals surface area contributed by atoms with E-state index in [1.165, 1.54) is 47.8 Å². The molecule has 2 aromatic carbocycles. The van der Waals surface area contributed by atoms with Gasteiger partial charge < -0.3 is 0 Å². The molecule has 3 rings (SSSR count). The summed E-state index contributed by atoms with van der Waals surface area (Å²) in [7, 11) is 0. The predicted molar refractivity (Wildman–Crippen MR) is 109 cm³/mol. The van der Waals surface area contributed by atoms with E-state index in [0.717, 1.165) is 11.3 Å². The Balaban J connectivity index is 1.66. The SMILES string of the molecule is CSc1ccc(C(=O)Nc2nnc(SCc3ccccc3F)s2)cc1[N+](=O)[O-]. The number of nitrogens with zero attached hydrogens (tertiary/aromatic N) is 3. The number of carbonyl (C=O) groups excluding carboxylic acids is 1. The van der Waals surface area contributed by atoms with Gasteiger partial charge in [-0.15, -0.1) is 22.0 Å². The van der Waals surface area contributed by atoms with Gasteiger partial charge in [-0.3, -0.25) is 20.2 Å². The van der Waals surface area contributed by atoms with Gasteiger partial charge in [0.1, 0.15) is 5.82 Å². The van der Waals surface area contributed by atoms with Crippen molar-refractivity contribution in [1.29, 1.82) is 0 Å². The van der Waals surface area contributed by atoms with E-state index in [2.05, 4.69) is 15.5 Å². The number of aromatic nitrogens is 2. The van der Waals surface area contributed by atoms with Crippen LogP contribution in [-0.4, -0.2) is 27.3 Å². The molecule has 3 aromatic rings. The molecule has 1 N–H and O–H groups in total. The number of rotatable bonds is 7. The molecule has 1 heterocycles. The minimum absolute atomic E-state index is 0.126. The number of benzene rings is 2. The average molecular weight is 437 g/mol. The van der Waals surface area contributed by atoms with Crippen LogP contribution in [0.3, 0.4) is 0 Å². The Morgan fingerprint density at radius 1 is 1.29 bits per heavy atom. The summed E-state index contributed by atoms with van der Waals surface area (Å²) in [6.45, 7) is 0. The van der Waals surface area contributed by atoms with Crippen molar-refractivity contribution in [2.45, 2.75) is 15.0 Å². The maximum atomic E-state index is 13.6. The molecule has 7 nitrogen and oxygen atoms in total.